The van der Waals surface area contributed by atoms with E-state index in [0.717, 1.165) is 30.1 Å². The van der Waals surface area contributed by atoms with Gasteiger partial charge in [-0.3, -0.25) is 9.48 Å². The summed E-state index contributed by atoms with van der Waals surface area (Å²) in [5.74, 6) is 0.901. The van der Waals surface area contributed by atoms with Crippen LogP contribution < -0.4 is 11.1 Å². The molecule has 0 aromatic carbocycles. The molecule has 3 N–H and O–H groups in total. The molecule has 0 unspecified atom stereocenters. The zero-order chi connectivity index (χ0) is 15.4. The quantitative estimate of drug-likeness (QED) is 0.876. The Balaban J connectivity index is 1.81. The van der Waals surface area contributed by atoms with Gasteiger partial charge in [0.1, 0.15) is 6.54 Å². The van der Waals surface area contributed by atoms with E-state index in [1.165, 1.54) is 25.7 Å². The minimum Gasteiger partial charge on any atom is -0.396 e. The van der Waals surface area contributed by atoms with Crippen LogP contribution in [0.4, 0.5) is 5.69 Å². The topological polar surface area (TPSA) is 72.9 Å². The molecule has 1 saturated carbocycles. The fourth-order valence-electron chi connectivity index (χ4n) is 3.28. The Kier molecular flexibility index (Phi) is 5.26. The van der Waals surface area contributed by atoms with Gasteiger partial charge in [-0.15, -0.1) is 0 Å². The Labute approximate surface area is 127 Å². The van der Waals surface area contributed by atoms with Crippen molar-refractivity contribution in [1.29, 1.82) is 0 Å². The van der Waals surface area contributed by atoms with Crippen molar-refractivity contribution in [3.63, 3.8) is 0 Å². The SMILES string of the molecule is CCCC1CCC(NC(=O)Cn2nc(C)c(N)c2C)CC1. The molecule has 0 atom stereocenters. The molecule has 21 heavy (non-hydrogen) atoms. The minimum atomic E-state index is 0.0412. The molecule has 5 nitrogen and oxygen atoms in total. The molecular weight excluding hydrogens is 264 g/mol. The van der Waals surface area contributed by atoms with Gasteiger partial charge in [0.05, 0.1) is 17.1 Å². The summed E-state index contributed by atoms with van der Waals surface area (Å²) in [7, 11) is 0. The number of carbonyl (C=O) groups is 1. The summed E-state index contributed by atoms with van der Waals surface area (Å²) in [6.45, 7) is 6.27. The van der Waals surface area contributed by atoms with Gasteiger partial charge < -0.3 is 11.1 Å². The number of hydrogen-bond acceptors (Lipinski definition) is 3. The molecule has 1 heterocycles. The summed E-state index contributed by atoms with van der Waals surface area (Å²) in [6, 6.07) is 0.333. The number of carbonyl (C=O) groups excluding carboxylic acids is 1. The first-order chi connectivity index (χ1) is 10.0. The molecule has 0 bridgehead atoms. The van der Waals surface area contributed by atoms with Crippen LogP contribution >= 0.6 is 0 Å². The number of aryl methyl sites for hydroxylation is 1. The van der Waals surface area contributed by atoms with Crippen LogP contribution in [0.1, 0.15) is 56.8 Å². The molecule has 1 aromatic heterocycles. The maximum atomic E-state index is 12.1. The first kappa shape index (κ1) is 15.9. The van der Waals surface area contributed by atoms with Crippen molar-refractivity contribution in [3.8, 4) is 0 Å². The van der Waals surface area contributed by atoms with Crippen LogP contribution in [0.3, 0.4) is 0 Å². The van der Waals surface area contributed by atoms with Gasteiger partial charge in [-0.1, -0.05) is 19.8 Å². The lowest BCUT2D eigenvalue weighted by atomic mass is 9.83. The van der Waals surface area contributed by atoms with E-state index in [1.807, 2.05) is 13.8 Å². The van der Waals surface area contributed by atoms with Crippen LogP contribution in [0, 0.1) is 19.8 Å². The van der Waals surface area contributed by atoms with E-state index in [0.29, 0.717) is 11.7 Å². The summed E-state index contributed by atoms with van der Waals surface area (Å²) < 4.78 is 1.70. The standard InChI is InChI=1S/C16H28N4O/c1-4-5-13-6-8-14(9-7-13)18-15(21)10-20-12(3)16(17)11(2)19-20/h13-14H,4-10,17H2,1-3H3,(H,18,21). The lowest BCUT2D eigenvalue weighted by Gasteiger charge is -2.29. The van der Waals surface area contributed by atoms with Crippen LogP contribution in [-0.4, -0.2) is 21.7 Å². The van der Waals surface area contributed by atoms with Gasteiger partial charge in [-0.25, -0.2) is 0 Å². The number of amides is 1. The van der Waals surface area contributed by atoms with Gasteiger partial charge in [0.2, 0.25) is 5.91 Å². The van der Waals surface area contributed by atoms with Crippen molar-refractivity contribution in [2.75, 3.05) is 5.73 Å². The number of nitrogens with two attached hydrogens (primary N) is 1. The number of nitrogens with zero attached hydrogens (tertiary/aromatic N) is 2. The third-order valence-electron chi connectivity index (χ3n) is 4.64. The maximum absolute atomic E-state index is 12.1. The van der Waals surface area contributed by atoms with E-state index >= 15 is 0 Å². The molecule has 2 rings (SSSR count). The molecule has 0 spiro atoms. The van der Waals surface area contributed by atoms with E-state index < -0.39 is 0 Å². The Morgan fingerprint density at radius 3 is 2.52 bits per heavy atom. The van der Waals surface area contributed by atoms with Gasteiger partial charge in [0.25, 0.3) is 0 Å². The molecule has 0 radical (unpaired) electrons. The second kappa shape index (κ2) is 6.96. The van der Waals surface area contributed by atoms with Gasteiger partial charge in [-0.05, 0) is 45.4 Å². The van der Waals surface area contributed by atoms with Crippen LogP contribution in [0.5, 0.6) is 0 Å². The summed E-state index contributed by atoms with van der Waals surface area (Å²) in [4.78, 5) is 12.1. The molecule has 1 fully saturated rings. The minimum absolute atomic E-state index is 0.0412. The lowest BCUT2D eigenvalue weighted by Crippen LogP contribution is -2.39. The Hall–Kier alpha value is -1.52. The van der Waals surface area contributed by atoms with Gasteiger partial charge >= 0.3 is 0 Å². The Bertz CT molecular complexity index is 487. The maximum Gasteiger partial charge on any atom is 0.241 e. The molecule has 0 saturated heterocycles. The lowest BCUT2D eigenvalue weighted by molar-refractivity contribution is -0.122. The second-order valence-electron chi connectivity index (χ2n) is 6.32. The van der Waals surface area contributed by atoms with Crippen molar-refractivity contribution in [3.05, 3.63) is 11.4 Å². The summed E-state index contributed by atoms with van der Waals surface area (Å²) >= 11 is 0. The zero-order valence-corrected chi connectivity index (χ0v) is 13.5. The normalized spacial score (nSPS) is 22.2. The zero-order valence-electron chi connectivity index (χ0n) is 13.5. The molecule has 118 valence electrons. The number of aromatic nitrogens is 2. The van der Waals surface area contributed by atoms with Crippen molar-refractivity contribution in [2.45, 2.75) is 71.9 Å². The first-order valence-electron chi connectivity index (χ1n) is 8.10. The summed E-state index contributed by atoms with van der Waals surface area (Å²) in [5.41, 5.74) is 8.24. The van der Waals surface area contributed by atoms with Crippen molar-refractivity contribution >= 4 is 11.6 Å². The average molecular weight is 292 g/mol. The number of nitrogens with one attached hydrogen (secondary N) is 1. The number of anilines is 1. The first-order valence-corrected chi connectivity index (χ1v) is 8.10. The fourth-order valence-corrected chi connectivity index (χ4v) is 3.28. The third-order valence-corrected chi connectivity index (χ3v) is 4.64. The highest BCUT2D eigenvalue weighted by Crippen LogP contribution is 2.27. The second-order valence-corrected chi connectivity index (χ2v) is 6.32. The number of rotatable bonds is 5. The van der Waals surface area contributed by atoms with Crippen LogP contribution in [-0.2, 0) is 11.3 Å². The number of nitrogen functional groups attached to an aromatic ring is 1. The Morgan fingerprint density at radius 1 is 1.33 bits per heavy atom. The number of hydrogen-bond donors (Lipinski definition) is 2. The van der Waals surface area contributed by atoms with E-state index in [1.54, 1.807) is 4.68 Å². The molecule has 0 aliphatic heterocycles. The predicted octanol–water partition coefficient (Wildman–Crippen LogP) is 2.56. The van der Waals surface area contributed by atoms with Gasteiger partial charge in [0.15, 0.2) is 0 Å². The van der Waals surface area contributed by atoms with Crippen LogP contribution in [0.25, 0.3) is 0 Å². The smallest absolute Gasteiger partial charge is 0.241 e. The van der Waals surface area contributed by atoms with Gasteiger partial charge in [-0.2, -0.15) is 5.10 Å². The molecular formula is C16H28N4O. The molecule has 1 aliphatic carbocycles. The molecule has 5 heteroatoms. The fraction of sp³-hybridized carbons (Fsp3) is 0.750. The van der Waals surface area contributed by atoms with E-state index in [2.05, 4.69) is 17.3 Å². The summed E-state index contributed by atoms with van der Waals surface area (Å²) in [5, 5.41) is 7.46. The average Bonchev–Trinajstić information content (AvgIpc) is 2.69. The highest BCUT2D eigenvalue weighted by molar-refractivity contribution is 5.76. The molecule has 1 aromatic rings. The largest absolute Gasteiger partial charge is 0.396 e. The van der Waals surface area contributed by atoms with Crippen LogP contribution in [0.2, 0.25) is 0 Å². The van der Waals surface area contributed by atoms with Crippen molar-refractivity contribution in [2.24, 2.45) is 5.92 Å². The van der Waals surface area contributed by atoms with Crippen molar-refractivity contribution < 1.29 is 4.79 Å². The monoisotopic (exact) mass is 292 g/mol. The third kappa shape index (κ3) is 3.99. The highest BCUT2D eigenvalue weighted by Gasteiger charge is 2.22. The summed E-state index contributed by atoms with van der Waals surface area (Å²) in [6.07, 6.45) is 7.29. The van der Waals surface area contributed by atoms with Crippen LogP contribution in [0.15, 0.2) is 0 Å². The van der Waals surface area contributed by atoms with Gasteiger partial charge in [0, 0.05) is 6.04 Å². The van der Waals surface area contributed by atoms with E-state index in [-0.39, 0.29) is 12.5 Å². The van der Waals surface area contributed by atoms with E-state index in [9.17, 15) is 4.79 Å². The molecule has 1 amide bonds. The predicted molar refractivity (Wildman–Crippen MR) is 84.9 cm³/mol. The van der Waals surface area contributed by atoms with E-state index in [4.69, 9.17) is 5.73 Å². The Morgan fingerprint density at radius 2 is 2.00 bits per heavy atom. The highest BCUT2D eigenvalue weighted by atomic mass is 16.2. The van der Waals surface area contributed by atoms with Crippen molar-refractivity contribution in [1.82, 2.24) is 15.1 Å². The molecule has 1 aliphatic rings.